The van der Waals surface area contributed by atoms with Gasteiger partial charge >= 0.3 is 0 Å². The SMILES string of the molecule is c1ccc(-c2ccc(N(c3ccccc3-c3ccc4c(c3)oc3ccccc34)c3ccc4oc5ccccc5c4c3-c3ccc4ccccc4c3)cc2)cc1. The summed E-state index contributed by atoms with van der Waals surface area (Å²) in [5.74, 6) is 0. The monoisotopic (exact) mass is 703 g/mol. The summed E-state index contributed by atoms with van der Waals surface area (Å²) in [7, 11) is 0. The van der Waals surface area contributed by atoms with Crippen molar-refractivity contribution in [2.75, 3.05) is 4.90 Å². The van der Waals surface area contributed by atoms with Gasteiger partial charge in [-0.1, -0.05) is 140 Å². The van der Waals surface area contributed by atoms with Crippen LogP contribution in [0.1, 0.15) is 0 Å². The third-order valence-corrected chi connectivity index (χ3v) is 10.9. The van der Waals surface area contributed by atoms with E-state index in [9.17, 15) is 0 Å². The summed E-state index contributed by atoms with van der Waals surface area (Å²) in [6.07, 6.45) is 0. The lowest BCUT2D eigenvalue weighted by atomic mass is 9.93. The van der Waals surface area contributed by atoms with Crippen LogP contribution in [0.4, 0.5) is 17.1 Å². The maximum Gasteiger partial charge on any atom is 0.136 e. The molecule has 0 radical (unpaired) electrons. The van der Waals surface area contributed by atoms with E-state index in [0.717, 1.165) is 83.2 Å². The first-order chi connectivity index (χ1) is 27.3. The van der Waals surface area contributed by atoms with Gasteiger partial charge in [-0.15, -0.1) is 0 Å². The minimum absolute atomic E-state index is 0.858. The first-order valence-electron chi connectivity index (χ1n) is 18.7. The van der Waals surface area contributed by atoms with Crippen molar-refractivity contribution >= 4 is 71.7 Å². The lowest BCUT2D eigenvalue weighted by Crippen LogP contribution is -2.12. The Morgan fingerprint density at radius 3 is 1.80 bits per heavy atom. The number of para-hydroxylation sites is 3. The van der Waals surface area contributed by atoms with Crippen molar-refractivity contribution < 1.29 is 8.83 Å². The molecule has 258 valence electrons. The van der Waals surface area contributed by atoms with E-state index in [1.165, 1.54) is 21.9 Å². The van der Waals surface area contributed by atoms with Crippen molar-refractivity contribution in [2.45, 2.75) is 0 Å². The number of hydrogen-bond acceptors (Lipinski definition) is 3. The number of furan rings is 2. The summed E-state index contributed by atoms with van der Waals surface area (Å²) in [5.41, 5.74) is 13.4. The van der Waals surface area contributed by atoms with Crippen molar-refractivity contribution in [3.63, 3.8) is 0 Å². The molecular formula is C52H33NO2. The number of anilines is 3. The van der Waals surface area contributed by atoms with Crippen LogP contribution in [0.5, 0.6) is 0 Å². The molecule has 3 nitrogen and oxygen atoms in total. The van der Waals surface area contributed by atoms with Crippen LogP contribution in [-0.4, -0.2) is 0 Å². The van der Waals surface area contributed by atoms with E-state index in [4.69, 9.17) is 8.83 Å². The Balaban J connectivity index is 1.20. The first-order valence-corrected chi connectivity index (χ1v) is 18.7. The van der Waals surface area contributed by atoms with E-state index in [-0.39, 0.29) is 0 Å². The van der Waals surface area contributed by atoms with Gasteiger partial charge in [-0.05, 0) is 93.7 Å². The highest BCUT2D eigenvalue weighted by molar-refractivity contribution is 6.17. The summed E-state index contributed by atoms with van der Waals surface area (Å²) < 4.78 is 13.0. The van der Waals surface area contributed by atoms with E-state index in [0.29, 0.717) is 0 Å². The lowest BCUT2D eigenvalue weighted by Gasteiger charge is -2.30. The molecule has 2 heterocycles. The third-order valence-electron chi connectivity index (χ3n) is 10.9. The second-order valence-electron chi connectivity index (χ2n) is 14.1. The van der Waals surface area contributed by atoms with Crippen molar-refractivity contribution in [3.05, 3.63) is 200 Å². The topological polar surface area (TPSA) is 29.5 Å². The normalized spacial score (nSPS) is 11.6. The predicted octanol–water partition coefficient (Wildman–Crippen LogP) is 15.1. The van der Waals surface area contributed by atoms with Gasteiger partial charge in [0, 0.05) is 38.4 Å². The number of hydrogen-bond donors (Lipinski definition) is 0. The van der Waals surface area contributed by atoms with Crippen molar-refractivity contribution in [1.29, 1.82) is 0 Å². The largest absolute Gasteiger partial charge is 0.456 e. The number of benzene rings is 9. The molecule has 11 aromatic rings. The van der Waals surface area contributed by atoms with Crippen LogP contribution in [0, 0.1) is 0 Å². The van der Waals surface area contributed by atoms with Crippen LogP contribution in [0.15, 0.2) is 209 Å². The third kappa shape index (κ3) is 5.20. The van der Waals surface area contributed by atoms with Crippen molar-refractivity contribution in [3.8, 4) is 33.4 Å². The van der Waals surface area contributed by atoms with Crippen LogP contribution >= 0.6 is 0 Å². The minimum atomic E-state index is 0.858. The Labute approximate surface area is 317 Å². The van der Waals surface area contributed by atoms with Crippen LogP contribution in [-0.2, 0) is 0 Å². The molecule has 0 aliphatic rings. The summed E-state index contributed by atoms with van der Waals surface area (Å²) in [4.78, 5) is 2.42. The maximum absolute atomic E-state index is 6.54. The minimum Gasteiger partial charge on any atom is -0.456 e. The summed E-state index contributed by atoms with van der Waals surface area (Å²) in [6, 6.07) is 71.1. The molecule has 0 aliphatic carbocycles. The molecule has 9 aromatic carbocycles. The second kappa shape index (κ2) is 12.6. The van der Waals surface area contributed by atoms with Gasteiger partial charge in [-0.25, -0.2) is 0 Å². The molecule has 11 rings (SSSR count). The smallest absolute Gasteiger partial charge is 0.136 e. The fraction of sp³-hybridized carbons (Fsp3) is 0. The second-order valence-corrected chi connectivity index (χ2v) is 14.1. The molecule has 2 aromatic heterocycles. The molecular weight excluding hydrogens is 671 g/mol. The summed E-state index contributed by atoms with van der Waals surface area (Å²) in [5, 5.41) is 6.81. The summed E-state index contributed by atoms with van der Waals surface area (Å²) in [6.45, 7) is 0. The zero-order valence-corrected chi connectivity index (χ0v) is 29.8. The van der Waals surface area contributed by atoms with E-state index in [1.54, 1.807) is 0 Å². The molecule has 0 N–H and O–H groups in total. The molecule has 3 heteroatoms. The van der Waals surface area contributed by atoms with Gasteiger partial charge in [-0.3, -0.25) is 0 Å². The van der Waals surface area contributed by atoms with Crippen LogP contribution < -0.4 is 4.90 Å². The zero-order valence-electron chi connectivity index (χ0n) is 29.8. The average molecular weight is 704 g/mol. The summed E-state index contributed by atoms with van der Waals surface area (Å²) >= 11 is 0. The molecule has 0 amide bonds. The van der Waals surface area contributed by atoms with Gasteiger partial charge in [0.15, 0.2) is 0 Å². The van der Waals surface area contributed by atoms with E-state index in [1.807, 2.05) is 18.2 Å². The molecule has 0 spiro atoms. The Hall–Kier alpha value is -7.36. The Morgan fingerprint density at radius 1 is 0.327 bits per heavy atom. The van der Waals surface area contributed by atoms with Crippen molar-refractivity contribution in [1.82, 2.24) is 0 Å². The van der Waals surface area contributed by atoms with Crippen LogP contribution in [0.3, 0.4) is 0 Å². The molecule has 0 saturated carbocycles. The van der Waals surface area contributed by atoms with Crippen LogP contribution in [0.2, 0.25) is 0 Å². The molecule has 0 bridgehead atoms. The lowest BCUT2D eigenvalue weighted by molar-refractivity contribution is 0.668. The quantitative estimate of drug-likeness (QED) is 0.173. The Bertz CT molecular complexity index is 3210. The molecule has 0 fully saturated rings. The molecule has 0 atom stereocenters. The predicted molar refractivity (Wildman–Crippen MR) is 229 cm³/mol. The van der Waals surface area contributed by atoms with Gasteiger partial charge in [0.05, 0.1) is 11.4 Å². The maximum atomic E-state index is 6.54. The van der Waals surface area contributed by atoms with E-state index < -0.39 is 0 Å². The molecule has 0 saturated heterocycles. The fourth-order valence-electron chi connectivity index (χ4n) is 8.28. The van der Waals surface area contributed by atoms with Gasteiger partial charge < -0.3 is 13.7 Å². The molecule has 0 aliphatic heterocycles. The molecule has 55 heavy (non-hydrogen) atoms. The first kappa shape index (κ1) is 31.2. The van der Waals surface area contributed by atoms with Gasteiger partial charge in [-0.2, -0.15) is 0 Å². The van der Waals surface area contributed by atoms with Crippen molar-refractivity contribution in [2.24, 2.45) is 0 Å². The zero-order chi connectivity index (χ0) is 36.3. The Morgan fingerprint density at radius 2 is 0.945 bits per heavy atom. The van der Waals surface area contributed by atoms with E-state index in [2.05, 4.69) is 187 Å². The number of nitrogens with zero attached hydrogens (tertiary/aromatic N) is 1. The highest BCUT2D eigenvalue weighted by Gasteiger charge is 2.25. The van der Waals surface area contributed by atoms with E-state index >= 15 is 0 Å². The number of fused-ring (bicyclic) bond motifs is 7. The van der Waals surface area contributed by atoms with Crippen LogP contribution in [0.25, 0.3) is 88.0 Å². The highest BCUT2D eigenvalue weighted by atomic mass is 16.3. The van der Waals surface area contributed by atoms with Gasteiger partial charge in [0.25, 0.3) is 0 Å². The molecule has 0 unspecified atom stereocenters. The number of rotatable bonds is 6. The Kier molecular flexibility index (Phi) is 7.17. The highest BCUT2D eigenvalue weighted by Crippen LogP contribution is 2.49. The fourth-order valence-corrected chi connectivity index (χ4v) is 8.28. The van der Waals surface area contributed by atoms with Gasteiger partial charge in [0.2, 0.25) is 0 Å². The standard InChI is InChI=1S/C52H33NO2/c1-2-12-34(13-3-1)36-24-27-40(28-25-36)53(45-19-9-6-16-41(45)38-26-29-43-42-17-7-10-20-47(42)55-50(43)33-38)46-30-31-49-52(44-18-8-11-21-48(44)54-49)51(46)39-23-22-35-14-4-5-15-37(35)32-39/h1-33H. The van der Waals surface area contributed by atoms with Gasteiger partial charge in [0.1, 0.15) is 22.3 Å². The average Bonchev–Trinajstić information content (AvgIpc) is 3.82.